The maximum atomic E-state index is 11.9. The summed E-state index contributed by atoms with van der Waals surface area (Å²) in [6.45, 7) is 2.44. The molecule has 2 aromatic rings. The largest absolute Gasteiger partial charge is 0.506 e. The van der Waals surface area contributed by atoms with E-state index < -0.39 is 0 Å². The summed E-state index contributed by atoms with van der Waals surface area (Å²) in [6, 6.07) is 13.7. The Hall–Kier alpha value is -2.69. The van der Waals surface area contributed by atoms with Crippen LogP contribution in [-0.4, -0.2) is 24.2 Å². The third-order valence-electron chi connectivity index (χ3n) is 2.85. The Morgan fingerprint density at radius 1 is 1.05 bits per heavy atom. The number of carbonyl (C=O) groups is 1. The molecule has 0 saturated carbocycles. The lowest BCUT2D eigenvalue weighted by molar-refractivity contribution is -0.118. The van der Waals surface area contributed by atoms with Gasteiger partial charge in [-0.05, 0) is 30.7 Å². The summed E-state index contributed by atoms with van der Waals surface area (Å²) in [5.74, 6) is 0.789. The number of para-hydroxylation sites is 4. The molecular formula is C17H19NO4. The van der Waals surface area contributed by atoms with E-state index >= 15 is 0 Å². The molecule has 0 spiro atoms. The van der Waals surface area contributed by atoms with Gasteiger partial charge in [0.15, 0.2) is 18.1 Å². The van der Waals surface area contributed by atoms with Gasteiger partial charge in [0.2, 0.25) is 0 Å². The number of rotatable bonds is 7. The van der Waals surface area contributed by atoms with Crippen LogP contribution >= 0.6 is 0 Å². The topological polar surface area (TPSA) is 67.8 Å². The van der Waals surface area contributed by atoms with Crippen molar-refractivity contribution in [3.63, 3.8) is 0 Å². The molecule has 0 aliphatic rings. The van der Waals surface area contributed by atoms with E-state index in [4.69, 9.17) is 9.47 Å². The number of phenolic OH excluding ortho intramolecular Hbond substituents is 1. The highest BCUT2D eigenvalue weighted by molar-refractivity contribution is 5.93. The summed E-state index contributed by atoms with van der Waals surface area (Å²) >= 11 is 0. The number of benzene rings is 2. The summed E-state index contributed by atoms with van der Waals surface area (Å²) in [7, 11) is 0. The standard InChI is InChI=1S/C17H19NO4/c1-2-11-21-15-9-5-6-10-16(15)22-12-17(20)18-13-7-3-4-8-14(13)19/h3-10,19H,2,11-12H2,1H3,(H,18,20). The summed E-state index contributed by atoms with van der Waals surface area (Å²) in [5, 5.41) is 12.2. The van der Waals surface area contributed by atoms with Crippen LogP contribution < -0.4 is 14.8 Å². The van der Waals surface area contributed by atoms with Gasteiger partial charge in [0.25, 0.3) is 5.91 Å². The van der Waals surface area contributed by atoms with Gasteiger partial charge >= 0.3 is 0 Å². The van der Waals surface area contributed by atoms with Crippen LogP contribution in [0.1, 0.15) is 13.3 Å². The van der Waals surface area contributed by atoms with Crippen LogP contribution in [0, 0.1) is 0 Å². The number of ether oxygens (including phenoxy) is 2. The zero-order chi connectivity index (χ0) is 15.8. The minimum Gasteiger partial charge on any atom is -0.506 e. The van der Waals surface area contributed by atoms with E-state index in [0.717, 1.165) is 6.42 Å². The Kier molecular flexibility index (Phi) is 5.65. The smallest absolute Gasteiger partial charge is 0.262 e. The van der Waals surface area contributed by atoms with E-state index in [0.29, 0.717) is 23.8 Å². The van der Waals surface area contributed by atoms with Gasteiger partial charge in [-0.3, -0.25) is 4.79 Å². The number of amides is 1. The Bertz CT molecular complexity index is 628. The first-order valence-corrected chi connectivity index (χ1v) is 7.13. The lowest BCUT2D eigenvalue weighted by atomic mass is 10.3. The minimum atomic E-state index is -0.355. The van der Waals surface area contributed by atoms with E-state index in [1.165, 1.54) is 6.07 Å². The minimum absolute atomic E-state index is 0.0162. The van der Waals surface area contributed by atoms with Crippen molar-refractivity contribution < 1.29 is 19.4 Å². The third-order valence-corrected chi connectivity index (χ3v) is 2.85. The first kappa shape index (κ1) is 15.7. The zero-order valence-electron chi connectivity index (χ0n) is 12.4. The molecule has 0 aliphatic carbocycles. The molecule has 1 amide bonds. The van der Waals surface area contributed by atoms with Gasteiger partial charge in [-0.15, -0.1) is 0 Å². The van der Waals surface area contributed by atoms with Crippen molar-refractivity contribution in [1.29, 1.82) is 0 Å². The second-order valence-electron chi connectivity index (χ2n) is 4.65. The zero-order valence-corrected chi connectivity index (χ0v) is 12.4. The maximum absolute atomic E-state index is 11.9. The molecule has 0 unspecified atom stereocenters. The van der Waals surface area contributed by atoms with Crippen molar-refractivity contribution in [2.75, 3.05) is 18.5 Å². The van der Waals surface area contributed by atoms with Gasteiger partial charge in [-0.2, -0.15) is 0 Å². The van der Waals surface area contributed by atoms with Crippen LogP contribution in [0.15, 0.2) is 48.5 Å². The molecule has 2 N–H and O–H groups in total. The lowest BCUT2D eigenvalue weighted by Crippen LogP contribution is -2.20. The van der Waals surface area contributed by atoms with E-state index in [1.54, 1.807) is 30.3 Å². The van der Waals surface area contributed by atoms with E-state index in [2.05, 4.69) is 5.32 Å². The maximum Gasteiger partial charge on any atom is 0.262 e. The number of phenols is 1. The Labute approximate surface area is 129 Å². The van der Waals surface area contributed by atoms with Crippen LogP contribution in [0.4, 0.5) is 5.69 Å². The van der Waals surface area contributed by atoms with Crippen LogP contribution in [0.2, 0.25) is 0 Å². The van der Waals surface area contributed by atoms with Crippen molar-refractivity contribution in [2.24, 2.45) is 0 Å². The summed E-state index contributed by atoms with van der Waals surface area (Å²) in [5.41, 5.74) is 0.353. The van der Waals surface area contributed by atoms with Crippen LogP contribution in [0.5, 0.6) is 17.2 Å². The first-order valence-electron chi connectivity index (χ1n) is 7.13. The quantitative estimate of drug-likeness (QED) is 0.771. The van der Waals surface area contributed by atoms with Crippen molar-refractivity contribution in [3.8, 4) is 17.2 Å². The van der Waals surface area contributed by atoms with Gasteiger partial charge in [0.1, 0.15) is 5.75 Å². The molecule has 2 aromatic carbocycles. The number of aromatic hydroxyl groups is 1. The summed E-state index contributed by atoms with van der Waals surface area (Å²) < 4.78 is 11.0. The van der Waals surface area contributed by atoms with Crippen LogP contribution in [0.3, 0.4) is 0 Å². The molecule has 0 bridgehead atoms. The average Bonchev–Trinajstić information content (AvgIpc) is 2.54. The van der Waals surface area contributed by atoms with E-state index in [-0.39, 0.29) is 18.3 Å². The number of hydrogen-bond donors (Lipinski definition) is 2. The molecule has 0 heterocycles. The van der Waals surface area contributed by atoms with Gasteiger partial charge in [0, 0.05) is 0 Å². The van der Waals surface area contributed by atoms with E-state index in [9.17, 15) is 9.90 Å². The highest BCUT2D eigenvalue weighted by Crippen LogP contribution is 2.26. The molecule has 0 saturated heterocycles. The van der Waals surface area contributed by atoms with Crippen LogP contribution in [-0.2, 0) is 4.79 Å². The van der Waals surface area contributed by atoms with E-state index in [1.807, 2.05) is 19.1 Å². The monoisotopic (exact) mass is 301 g/mol. The number of hydrogen-bond acceptors (Lipinski definition) is 4. The second kappa shape index (κ2) is 7.93. The van der Waals surface area contributed by atoms with Gasteiger partial charge in [0.05, 0.1) is 12.3 Å². The third kappa shape index (κ3) is 4.41. The van der Waals surface area contributed by atoms with Gasteiger partial charge in [-0.1, -0.05) is 31.2 Å². The predicted octanol–water partition coefficient (Wildman–Crippen LogP) is 3.20. The SMILES string of the molecule is CCCOc1ccccc1OCC(=O)Nc1ccccc1O. The molecule has 116 valence electrons. The molecule has 0 radical (unpaired) electrons. The van der Waals surface area contributed by atoms with Crippen molar-refractivity contribution in [1.82, 2.24) is 0 Å². The summed E-state index contributed by atoms with van der Waals surface area (Å²) in [4.78, 5) is 11.9. The number of anilines is 1. The molecule has 2 rings (SSSR count). The molecule has 0 atom stereocenters. The van der Waals surface area contributed by atoms with Crippen molar-refractivity contribution >= 4 is 11.6 Å². The molecule has 0 aliphatic heterocycles. The van der Waals surface area contributed by atoms with Crippen molar-refractivity contribution in [3.05, 3.63) is 48.5 Å². The molecule has 5 heteroatoms. The van der Waals surface area contributed by atoms with Crippen molar-refractivity contribution in [2.45, 2.75) is 13.3 Å². The second-order valence-corrected chi connectivity index (χ2v) is 4.65. The first-order chi connectivity index (χ1) is 10.7. The Morgan fingerprint density at radius 2 is 1.68 bits per heavy atom. The Morgan fingerprint density at radius 3 is 2.36 bits per heavy atom. The highest BCUT2D eigenvalue weighted by Gasteiger charge is 2.09. The fourth-order valence-electron chi connectivity index (χ4n) is 1.81. The molecule has 22 heavy (non-hydrogen) atoms. The fraction of sp³-hybridized carbons (Fsp3) is 0.235. The number of nitrogens with one attached hydrogen (secondary N) is 1. The molecule has 0 aromatic heterocycles. The highest BCUT2D eigenvalue weighted by atomic mass is 16.5. The normalized spacial score (nSPS) is 10.0. The molecule has 0 fully saturated rings. The van der Waals surface area contributed by atoms with Gasteiger partial charge < -0.3 is 19.9 Å². The van der Waals surface area contributed by atoms with Crippen LogP contribution in [0.25, 0.3) is 0 Å². The molecular weight excluding hydrogens is 282 g/mol. The Balaban J connectivity index is 1.92. The number of carbonyl (C=O) groups excluding carboxylic acids is 1. The average molecular weight is 301 g/mol. The molecule has 5 nitrogen and oxygen atoms in total. The summed E-state index contributed by atoms with van der Waals surface area (Å²) in [6.07, 6.45) is 0.891. The lowest BCUT2D eigenvalue weighted by Gasteiger charge is -2.12. The predicted molar refractivity (Wildman–Crippen MR) is 84.5 cm³/mol. The fourth-order valence-corrected chi connectivity index (χ4v) is 1.81. The van der Waals surface area contributed by atoms with Gasteiger partial charge in [-0.25, -0.2) is 0 Å².